The van der Waals surface area contributed by atoms with Crippen molar-refractivity contribution in [1.82, 2.24) is 20.3 Å². The molecule has 33 heavy (non-hydrogen) atoms. The summed E-state index contributed by atoms with van der Waals surface area (Å²) in [7, 11) is 0. The molecule has 0 aliphatic carbocycles. The van der Waals surface area contributed by atoms with Gasteiger partial charge >= 0.3 is 0 Å². The van der Waals surface area contributed by atoms with Gasteiger partial charge in [0.25, 0.3) is 0 Å². The zero-order valence-electron chi connectivity index (χ0n) is 19.0. The third-order valence-corrected chi connectivity index (χ3v) is 6.67. The molecule has 0 aliphatic rings. The van der Waals surface area contributed by atoms with Gasteiger partial charge in [-0.1, -0.05) is 37.6 Å². The summed E-state index contributed by atoms with van der Waals surface area (Å²) in [6.07, 6.45) is 3.59. The Balaban J connectivity index is 1.66. The molecule has 3 aromatic heterocycles. The van der Waals surface area contributed by atoms with Crippen LogP contribution in [-0.2, 0) is 17.9 Å². The summed E-state index contributed by atoms with van der Waals surface area (Å²) in [5.74, 6) is 0.617. The van der Waals surface area contributed by atoms with Crippen LogP contribution in [0.15, 0.2) is 42.2 Å². The highest BCUT2D eigenvalue weighted by Gasteiger charge is 2.16. The second-order valence-electron chi connectivity index (χ2n) is 8.19. The van der Waals surface area contributed by atoms with Gasteiger partial charge in [-0.2, -0.15) is 0 Å². The van der Waals surface area contributed by atoms with Crippen LogP contribution in [0.25, 0.3) is 21.3 Å². The largest absolute Gasteiger partial charge is 0.487 e. The number of benzene rings is 1. The molecule has 8 heteroatoms. The topological polar surface area (TPSA) is 77.0 Å². The minimum Gasteiger partial charge on any atom is -0.487 e. The highest BCUT2D eigenvalue weighted by Crippen LogP contribution is 2.38. The van der Waals surface area contributed by atoms with Crippen molar-refractivity contribution in [2.45, 2.75) is 40.8 Å². The number of pyridine rings is 2. The predicted molar refractivity (Wildman–Crippen MR) is 133 cm³/mol. The van der Waals surface area contributed by atoms with Gasteiger partial charge in [-0.05, 0) is 37.1 Å². The number of fused-ring (bicyclic) bond motifs is 1. The lowest BCUT2D eigenvalue weighted by Gasteiger charge is -2.16. The van der Waals surface area contributed by atoms with Crippen LogP contribution in [0.1, 0.15) is 36.2 Å². The number of halogens is 1. The van der Waals surface area contributed by atoms with Crippen molar-refractivity contribution in [2.75, 3.05) is 0 Å². The SMILES string of the molecule is Cc1cc(-c2scnc2Cl)c2cccc(OCc3c(C)cncc3CNC(=O)C(C)C)c2n1. The molecule has 170 valence electrons. The second-order valence-corrected chi connectivity index (χ2v) is 9.40. The Morgan fingerprint density at radius 2 is 2.06 bits per heavy atom. The molecule has 1 amide bonds. The van der Waals surface area contributed by atoms with E-state index in [9.17, 15) is 4.79 Å². The van der Waals surface area contributed by atoms with E-state index in [1.165, 1.54) is 11.3 Å². The smallest absolute Gasteiger partial charge is 0.222 e. The quantitative estimate of drug-likeness (QED) is 0.357. The number of thiazole rings is 1. The Labute approximate surface area is 202 Å². The Bertz CT molecular complexity index is 1320. The number of aromatic nitrogens is 3. The maximum atomic E-state index is 12.0. The molecule has 0 spiro atoms. The first-order chi connectivity index (χ1) is 15.8. The third kappa shape index (κ3) is 4.99. The number of amides is 1. The summed E-state index contributed by atoms with van der Waals surface area (Å²) in [5.41, 5.74) is 7.33. The Morgan fingerprint density at radius 3 is 2.79 bits per heavy atom. The van der Waals surface area contributed by atoms with Crippen LogP contribution in [-0.4, -0.2) is 20.9 Å². The highest BCUT2D eigenvalue weighted by atomic mass is 35.5. The Morgan fingerprint density at radius 1 is 1.24 bits per heavy atom. The second kappa shape index (κ2) is 9.85. The van der Waals surface area contributed by atoms with E-state index in [1.54, 1.807) is 11.7 Å². The maximum absolute atomic E-state index is 12.0. The zero-order chi connectivity index (χ0) is 23.5. The van der Waals surface area contributed by atoms with E-state index in [1.807, 2.05) is 58.2 Å². The average Bonchev–Trinajstić information content (AvgIpc) is 3.21. The summed E-state index contributed by atoms with van der Waals surface area (Å²) in [6, 6.07) is 7.92. The first kappa shape index (κ1) is 23.1. The zero-order valence-corrected chi connectivity index (χ0v) is 20.5. The monoisotopic (exact) mass is 480 g/mol. The van der Waals surface area contributed by atoms with Crippen LogP contribution in [0.4, 0.5) is 0 Å². The number of hydrogen-bond acceptors (Lipinski definition) is 6. The van der Waals surface area contributed by atoms with E-state index in [0.29, 0.717) is 24.1 Å². The lowest BCUT2D eigenvalue weighted by molar-refractivity contribution is -0.124. The van der Waals surface area contributed by atoms with Crippen molar-refractivity contribution < 1.29 is 9.53 Å². The van der Waals surface area contributed by atoms with Gasteiger partial charge in [-0.15, -0.1) is 11.3 Å². The van der Waals surface area contributed by atoms with Gasteiger partial charge in [0.1, 0.15) is 23.0 Å². The van der Waals surface area contributed by atoms with Crippen molar-refractivity contribution in [1.29, 1.82) is 0 Å². The molecule has 0 atom stereocenters. The van der Waals surface area contributed by atoms with E-state index in [-0.39, 0.29) is 11.8 Å². The molecule has 1 aromatic carbocycles. The molecule has 6 nitrogen and oxygen atoms in total. The summed E-state index contributed by atoms with van der Waals surface area (Å²) >= 11 is 7.83. The van der Waals surface area contributed by atoms with Crippen LogP contribution >= 0.6 is 22.9 Å². The van der Waals surface area contributed by atoms with Crippen LogP contribution in [0.3, 0.4) is 0 Å². The van der Waals surface area contributed by atoms with Crippen molar-refractivity contribution in [3.8, 4) is 16.2 Å². The molecule has 0 aliphatic heterocycles. The molecule has 1 N–H and O–H groups in total. The molecular weight excluding hydrogens is 456 g/mol. The van der Waals surface area contributed by atoms with Crippen molar-refractivity contribution >= 4 is 39.7 Å². The number of aryl methyl sites for hydroxylation is 2. The lowest BCUT2D eigenvalue weighted by Crippen LogP contribution is -2.27. The van der Waals surface area contributed by atoms with E-state index in [2.05, 4.69) is 15.3 Å². The molecule has 0 unspecified atom stereocenters. The van der Waals surface area contributed by atoms with E-state index >= 15 is 0 Å². The van der Waals surface area contributed by atoms with Gasteiger partial charge in [-0.25, -0.2) is 9.97 Å². The number of para-hydroxylation sites is 1. The number of rotatable bonds is 7. The van der Waals surface area contributed by atoms with Gasteiger partial charge in [0.2, 0.25) is 5.91 Å². The average molecular weight is 481 g/mol. The van der Waals surface area contributed by atoms with Gasteiger partial charge in [0.05, 0.1) is 10.4 Å². The molecule has 4 aromatic rings. The number of hydrogen-bond donors (Lipinski definition) is 1. The maximum Gasteiger partial charge on any atom is 0.222 e. The number of carbonyl (C=O) groups excluding carboxylic acids is 1. The minimum absolute atomic E-state index is 0.00589. The van der Waals surface area contributed by atoms with E-state index in [0.717, 1.165) is 43.7 Å². The molecule has 0 radical (unpaired) electrons. The standard InChI is InChI=1S/C25H25ClN4O2S/c1-14(2)25(31)28-11-17-10-27-9-15(3)20(17)12-32-21-7-5-6-18-19(8-16(4)30-22(18)21)23-24(26)29-13-33-23/h5-10,13-14H,11-12H2,1-4H3,(H,28,31). The van der Waals surface area contributed by atoms with E-state index < -0.39 is 0 Å². The number of carbonyl (C=O) groups is 1. The third-order valence-electron chi connectivity index (χ3n) is 5.41. The van der Waals surface area contributed by atoms with Gasteiger partial charge in [0, 0.05) is 47.1 Å². The highest BCUT2D eigenvalue weighted by molar-refractivity contribution is 7.14. The minimum atomic E-state index is -0.0753. The van der Waals surface area contributed by atoms with Gasteiger partial charge in [-0.3, -0.25) is 9.78 Å². The van der Waals surface area contributed by atoms with E-state index in [4.69, 9.17) is 21.3 Å². The molecule has 3 heterocycles. The van der Waals surface area contributed by atoms with Crippen LogP contribution in [0.5, 0.6) is 5.75 Å². The van der Waals surface area contributed by atoms with Crippen LogP contribution in [0.2, 0.25) is 5.15 Å². The van der Waals surface area contributed by atoms with Crippen molar-refractivity contribution in [2.24, 2.45) is 5.92 Å². The van der Waals surface area contributed by atoms with Gasteiger partial charge in [0.15, 0.2) is 0 Å². The number of nitrogens with zero attached hydrogens (tertiary/aromatic N) is 3. The first-order valence-corrected chi connectivity index (χ1v) is 11.9. The first-order valence-electron chi connectivity index (χ1n) is 10.7. The molecular formula is C25H25ClN4O2S. The summed E-state index contributed by atoms with van der Waals surface area (Å²) in [5, 5.41) is 4.41. The van der Waals surface area contributed by atoms with Crippen molar-refractivity contribution in [3.05, 3.63) is 69.7 Å². The molecule has 0 bridgehead atoms. The molecule has 0 fully saturated rings. The Hall–Kier alpha value is -3.03. The molecule has 4 rings (SSSR count). The molecule has 0 saturated heterocycles. The fourth-order valence-corrected chi connectivity index (χ4v) is 4.66. The lowest BCUT2D eigenvalue weighted by atomic mass is 10.1. The van der Waals surface area contributed by atoms with Crippen LogP contribution < -0.4 is 10.1 Å². The van der Waals surface area contributed by atoms with Crippen LogP contribution in [0, 0.1) is 19.8 Å². The molecule has 0 saturated carbocycles. The van der Waals surface area contributed by atoms with Crippen molar-refractivity contribution in [3.63, 3.8) is 0 Å². The summed E-state index contributed by atoms with van der Waals surface area (Å²) in [6.45, 7) is 8.44. The normalized spacial score (nSPS) is 11.2. The van der Waals surface area contributed by atoms with Gasteiger partial charge < -0.3 is 10.1 Å². The fourth-order valence-electron chi connectivity index (χ4n) is 3.61. The number of ether oxygens (including phenoxy) is 1. The predicted octanol–water partition coefficient (Wildman–Crippen LogP) is 5.87. The summed E-state index contributed by atoms with van der Waals surface area (Å²) < 4.78 is 6.29. The fraction of sp³-hybridized carbons (Fsp3) is 0.280. The Kier molecular flexibility index (Phi) is 6.91. The number of nitrogens with one attached hydrogen (secondary N) is 1. The summed E-state index contributed by atoms with van der Waals surface area (Å²) in [4.78, 5) is 26.2.